The van der Waals surface area contributed by atoms with Crippen molar-refractivity contribution in [2.45, 2.75) is 19.6 Å². The summed E-state index contributed by atoms with van der Waals surface area (Å²) < 4.78 is 37.4. The molecule has 11 nitrogen and oxygen atoms in total. The number of nitrogens with zero attached hydrogens (tertiary/aromatic N) is 5. The first-order valence-corrected chi connectivity index (χ1v) is 14.5. The number of aromatic nitrogens is 2. The molecule has 1 amide bonds. The molecule has 1 aliphatic heterocycles. The van der Waals surface area contributed by atoms with Gasteiger partial charge in [-0.3, -0.25) is 0 Å². The zero-order chi connectivity index (χ0) is 31.9. The molecule has 5 rings (SSSR count). The summed E-state index contributed by atoms with van der Waals surface area (Å²) in [6.45, 7) is 4.72. The predicted octanol–water partition coefficient (Wildman–Crippen LogP) is 6.00. The van der Waals surface area contributed by atoms with Crippen molar-refractivity contribution < 1.29 is 28.1 Å². The van der Waals surface area contributed by atoms with E-state index in [0.717, 1.165) is 19.6 Å². The van der Waals surface area contributed by atoms with Gasteiger partial charge in [-0.2, -0.15) is 4.98 Å². The molecule has 0 bridgehead atoms. The minimum atomic E-state index is -0.747. The highest BCUT2D eigenvalue weighted by atomic mass is 19.1. The van der Waals surface area contributed by atoms with Crippen LogP contribution in [0.1, 0.15) is 12.5 Å². The van der Waals surface area contributed by atoms with Crippen LogP contribution in [0.4, 0.5) is 38.0 Å². The molecule has 0 radical (unpaired) electrons. The zero-order valence-electron chi connectivity index (χ0n) is 26.0. The lowest BCUT2D eigenvalue weighted by molar-refractivity contribution is 0.179. The van der Waals surface area contributed by atoms with Gasteiger partial charge in [-0.05, 0) is 50.4 Å². The Labute approximate surface area is 262 Å². The highest BCUT2D eigenvalue weighted by Gasteiger charge is 2.27. The number of ether oxygens (including phenoxy) is 4. The van der Waals surface area contributed by atoms with E-state index in [1.165, 1.54) is 31.4 Å². The van der Waals surface area contributed by atoms with Gasteiger partial charge in [0.2, 0.25) is 5.95 Å². The average molecular weight is 617 g/mol. The number of rotatable bonds is 10. The molecule has 0 saturated carbocycles. The number of piperazine rings is 1. The minimum absolute atomic E-state index is 0.151. The Hall–Kier alpha value is -4.94. The number of nitrogens with one attached hydrogen (secondary N) is 1. The van der Waals surface area contributed by atoms with Crippen molar-refractivity contribution in [3.63, 3.8) is 0 Å². The molecule has 0 spiro atoms. The summed E-state index contributed by atoms with van der Waals surface area (Å²) in [6, 6.07) is 18.9. The Morgan fingerprint density at radius 1 is 1.02 bits per heavy atom. The number of likely N-dealkylation sites (N-methyl/N-ethyl adjacent to an activating group) is 1. The molecule has 3 aromatic carbocycles. The van der Waals surface area contributed by atoms with Crippen LogP contribution in [0.5, 0.6) is 17.2 Å². The van der Waals surface area contributed by atoms with Crippen molar-refractivity contribution in [3.05, 3.63) is 84.3 Å². The lowest BCUT2D eigenvalue weighted by Gasteiger charge is -2.39. The molecule has 1 saturated heterocycles. The van der Waals surface area contributed by atoms with Gasteiger partial charge >= 0.3 is 6.09 Å². The lowest BCUT2D eigenvalue weighted by Crippen LogP contribution is -2.50. The number of amides is 1. The summed E-state index contributed by atoms with van der Waals surface area (Å²) in [5.74, 6) is 1.21. The number of anilines is 5. The Bertz CT molecular complexity index is 1640. The Balaban J connectivity index is 1.45. The number of carbonyl (C=O) groups excluding carboxylic acids is 1. The molecule has 1 unspecified atom stereocenters. The Kier molecular flexibility index (Phi) is 9.95. The van der Waals surface area contributed by atoms with Crippen molar-refractivity contribution in [3.8, 4) is 17.2 Å². The smallest absolute Gasteiger partial charge is 0.425 e. The van der Waals surface area contributed by atoms with E-state index in [2.05, 4.69) is 39.1 Å². The molecule has 0 aliphatic carbocycles. The van der Waals surface area contributed by atoms with Crippen LogP contribution in [0, 0.1) is 5.82 Å². The summed E-state index contributed by atoms with van der Waals surface area (Å²) in [6.07, 6.45) is 0.749. The van der Waals surface area contributed by atoms with Gasteiger partial charge in [0, 0.05) is 62.4 Å². The molecular formula is C33H37FN6O5. The highest BCUT2D eigenvalue weighted by molar-refractivity contribution is 5.98. The third-order valence-electron chi connectivity index (χ3n) is 7.65. The van der Waals surface area contributed by atoms with Crippen LogP contribution in [0.15, 0.2) is 72.9 Å². The maximum absolute atomic E-state index is 15.3. The van der Waals surface area contributed by atoms with Gasteiger partial charge in [0.25, 0.3) is 0 Å². The number of hydrogen-bond donors (Lipinski definition) is 1. The van der Waals surface area contributed by atoms with Crippen molar-refractivity contribution in [1.82, 2.24) is 14.9 Å². The van der Waals surface area contributed by atoms with Gasteiger partial charge in [0.15, 0.2) is 0 Å². The number of halogens is 1. The minimum Gasteiger partial charge on any atom is -0.497 e. The summed E-state index contributed by atoms with van der Waals surface area (Å²) in [5.41, 5.74) is 2.05. The molecule has 2 heterocycles. The monoisotopic (exact) mass is 616 g/mol. The molecule has 1 fully saturated rings. The maximum Gasteiger partial charge on any atom is 0.425 e. The third kappa shape index (κ3) is 7.24. The quantitative estimate of drug-likeness (QED) is 0.228. The fourth-order valence-electron chi connectivity index (χ4n) is 5.07. The maximum atomic E-state index is 15.3. The van der Waals surface area contributed by atoms with Gasteiger partial charge in [0.05, 0.1) is 32.2 Å². The van der Waals surface area contributed by atoms with Gasteiger partial charge < -0.3 is 34.1 Å². The van der Waals surface area contributed by atoms with Gasteiger partial charge in [-0.25, -0.2) is 19.1 Å². The molecule has 45 heavy (non-hydrogen) atoms. The van der Waals surface area contributed by atoms with Crippen LogP contribution >= 0.6 is 0 Å². The van der Waals surface area contributed by atoms with E-state index in [0.29, 0.717) is 45.9 Å². The first kappa shape index (κ1) is 31.5. The number of hydrogen-bond acceptors (Lipinski definition) is 10. The summed E-state index contributed by atoms with van der Waals surface area (Å²) in [7, 11) is 6.67. The normalized spacial score (nSPS) is 15.0. The number of methoxy groups -OCH3 is 3. The van der Waals surface area contributed by atoms with Crippen LogP contribution in [0.2, 0.25) is 0 Å². The average Bonchev–Trinajstić information content (AvgIpc) is 3.04. The van der Waals surface area contributed by atoms with Gasteiger partial charge in [-0.15, -0.1) is 0 Å². The summed E-state index contributed by atoms with van der Waals surface area (Å²) in [4.78, 5) is 28.4. The highest BCUT2D eigenvalue weighted by Crippen LogP contribution is 2.37. The fraction of sp³-hybridized carbons (Fsp3) is 0.303. The van der Waals surface area contributed by atoms with E-state index >= 15 is 4.39 Å². The molecule has 1 aromatic heterocycles. The molecule has 4 aromatic rings. The molecule has 1 aliphatic rings. The second kappa shape index (κ2) is 14.2. The van der Waals surface area contributed by atoms with Gasteiger partial charge in [0.1, 0.15) is 28.9 Å². The molecule has 1 atom stereocenters. The van der Waals surface area contributed by atoms with E-state index in [1.807, 2.05) is 12.1 Å². The topological polar surface area (TPSA) is 102 Å². The van der Waals surface area contributed by atoms with E-state index in [-0.39, 0.29) is 24.2 Å². The van der Waals surface area contributed by atoms with Crippen LogP contribution in [-0.2, 0) is 11.3 Å². The number of carbonyl (C=O) groups is 1. The molecule has 1 N–H and O–H groups in total. The fourth-order valence-corrected chi connectivity index (χ4v) is 5.07. The summed E-state index contributed by atoms with van der Waals surface area (Å²) in [5, 5.41) is 3.06. The van der Waals surface area contributed by atoms with Crippen molar-refractivity contribution in [2.75, 3.05) is 63.1 Å². The Morgan fingerprint density at radius 3 is 2.58 bits per heavy atom. The van der Waals surface area contributed by atoms with E-state index in [1.54, 1.807) is 55.6 Å². The molecular weight excluding hydrogens is 579 g/mol. The molecule has 236 valence electrons. The largest absolute Gasteiger partial charge is 0.497 e. The van der Waals surface area contributed by atoms with Crippen molar-refractivity contribution in [1.29, 1.82) is 0 Å². The first-order valence-electron chi connectivity index (χ1n) is 14.5. The lowest BCUT2D eigenvalue weighted by atomic mass is 10.1. The van der Waals surface area contributed by atoms with Crippen LogP contribution in [0.3, 0.4) is 0 Å². The predicted molar refractivity (Wildman–Crippen MR) is 171 cm³/mol. The Morgan fingerprint density at radius 2 is 1.84 bits per heavy atom. The number of benzene rings is 3. The molecule has 12 heteroatoms. The van der Waals surface area contributed by atoms with Crippen LogP contribution < -0.4 is 29.3 Å². The standard InChI is InChI=1S/C33H37FN6O5/c1-22-20-39(17-16-38(22)2)27-12-10-24(18-26(27)34)36-32-35-15-14-31(37-32)40(28-13-11-25(43-4)19-30(28)44-5)33(41)45-29-9-7-6-8-23(29)21-42-3/h6-15,18-19,22H,16-17,20-21H2,1-5H3,(H,35,36,37). The zero-order valence-corrected chi connectivity index (χ0v) is 26.0. The van der Waals surface area contributed by atoms with E-state index in [9.17, 15) is 4.79 Å². The summed E-state index contributed by atoms with van der Waals surface area (Å²) >= 11 is 0. The third-order valence-corrected chi connectivity index (χ3v) is 7.65. The van der Waals surface area contributed by atoms with Crippen molar-refractivity contribution in [2.24, 2.45) is 0 Å². The van der Waals surface area contributed by atoms with E-state index < -0.39 is 6.09 Å². The van der Waals surface area contributed by atoms with E-state index in [4.69, 9.17) is 18.9 Å². The van der Waals surface area contributed by atoms with Crippen LogP contribution in [-0.4, -0.2) is 75.0 Å². The van der Waals surface area contributed by atoms with Crippen molar-refractivity contribution >= 4 is 34.9 Å². The van der Waals surface area contributed by atoms with Gasteiger partial charge in [-0.1, -0.05) is 18.2 Å². The second-order valence-electron chi connectivity index (χ2n) is 10.6. The SMILES string of the molecule is COCc1ccccc1OC(=O)N(c1ccnc(Nc2ccc(N3CCN(C)C(C)C3)c(F)c2)n1)c1ccc(OC)cc1OC. The number of para-hydroxylation sites is 1. The second-order valence-corrected chi connectivity index (χ2v) is 10.6. The van der Waals surface area contributed by atoms with Crippen LogP contribution in [0.25, 0.3) is 0 Å². The first-order chi connectivity index (χ1) is 21.8.